The van der Waals surface area contributed by atoms with Gasteiger partial charge in [-0.1, -0.05) is 18.2 Å². The number of nitrogens with zero attached hydrogens (tertiary/aromatic N) is 2. The topological polar surface area (TPSA) is 62.3 Å². The zero-order valence-electron chi connectivity index (χ0n) is 14.6. The van der Waals surface area contributed by atoms with E-state index in [9.17, 15) is 9.59 Å². The molecule has 5 nitrogen and oxygen atoms in total. The van der Waals surface area contributed by atoms with Gasteiger partial charge in [0.05, 0.1) is 11.1 Å². The Balaban J connectivity index is 2.25. The Labute approximate surface area is 142 Å². The number of rotatable bonds is 5. The van der Waals surface area contributed by atoms with E-state index < -0.39 is 0 Å². The highest BCUT2D eigenvalue weighted by atomic mass is 16.2. The van der Waals surface area contributed by atoms with Crippen molar-refractivity contribution in [2.24, 2.45) is 0 Å². The van der Waals surface area contributed by atoms with Crippen LogP contribution >= 0.6 is 0 Å². The first-order valence-corrected chi connectivity index (χ1v) is 8.09. The lowest BCUT2D eigenvalue weighted by atomic mass is 10.1. The van der Waals surface area contributed by atoms with Crippen LogP contribution in [-0.4, -0.2) is 34.8 Å². The molecular weight excluding hydrogens is 302 g/mol. The monoisotopic (exact) mass is 325 g/mol. The molecule has 2 rings (SSSR count). The molecule has 0 spiro atoms. The molecule has 0 atom stereocenters. The van der Waals surface area contributed by atoms with Gasteiger partial charge in [0.25, 0.3) is 11.8 Å². The molecule has 1 aromatic heterocycles. The maximum Gasteiger partial charge on any atom is 0.257 e. The number of pyridine rings is 1. The number of hydrogen-bond donors (Lipinski definition) is 1. The van der Waals surface area contributed by atoms with Crippen LogP contribution in [0.15, 0.2) is 36.7 Å². The number of anilines is 1. The number of carbonyl (C=O) groups is 2. The van der Waals surface area contributed by atoms with E-state index >= 15 is 0 Å². The predicted octanol–water partition coefficient (Wildman–Crippen LogP) is 3.43. The molecule has 24 heavy (non-hydrogen) atoms. The Morgan fingerprint density at radius 2 is 1.62 bits per heavy atom. The Hall–Kier alpha value is -2.69. The normalized spacial score (nSPS) is 10.3. The van der Waals surface area contributed by atoms with Crippen LogP contribution in [0.2, 0.25) is 0 Å². The molecule has 1 heterocycles. The van der Waals surface area contributed by atoms with E-state index in [1.165, 1.54) is 12.4 Å². The zero-order chi connectivity index (χ0) is 17.7. The first kappa shape index (κ1) is 17.7. The molecule has 0 aliphatic rings. The van der Waals surface area contributed by atoms with Crippen molar-refractivity contribution in [1.29, 1.82) is 0 Å². The van der Waals surface area contributed by atoms with E-state index in [2.05, 4.69) is 10.3 Å². The molecular formula is C19H23N3O2. The highest BCUT2D eigenvalue weighted by Gasteiger charge is 2.16. The summed E-state index contributed by atoms with van der Waals surface area (Å²) in [6.45, 7) is 8.98. The summed E-state index contributed by atoms with van der Waals surface area (Å²) < 4.78 is 0. The molecule has 5 heteroatoms. The average molecular weight is 325 g/mol. The second-order valence-corrected chi connectivity index (χ2v) is 5.66. The highest BCUT2D eigenvalue weighted by Crippen LogP contribution is 2.20. The van der Waals surface area contributed by atoms with Crippen LogP contribution in [0.5, 0.6) is 0 Å². The van der Waals surface area contributed by atoms with E-state index in [1.54, 1.807) is 11.0 Å². The lowest BCUT2D eigenvalue weighted by Gasteiger charge is -2.18. The van der Waals surface area contributed by atoms with Gasteiger partial charge >= 0.3 is 0 Å². The van der Waals surface area contributed by atoms with Crippen LogP contribution in [0.1, 0.15) is 45.7 Å². The maximum atomic E-state index is 12.5. The molecule has 0 unspecified atom stereocenters. The number of para-hydroxylation sites is 1. The SMILES string of the molecule is CCN(CC)C(=O)c1cncc(C(=O)Nc2c(C)cccc2C)c1. The van der Waals surface area contributed by atoms with E-state index in [4.69, 9.17) is 0 Å². The van der Waals surface area contributed by atoms with E-state index in [-0.39, 0.29) is 11.8 Å². The fraction of sp³-hybridized carbons (Fsp3) is 0.316. The number of benzene rings is 1. The van der Waals surface area contributed by atoms with Crippen molar-refractivity contribution < 1.29 is 9.59 Å². The van der Waals surface area contributed by atoms with Crippen molar-refractivity contribution in [3.63, 3.8) is 0 Å². The fourth-order valence-corrected chi connectivity index (χ4v) is 2.57. The van der Waals surface area contributed by atoms with Gasteiger partial charge in [0.1, 0.15) is 0 Å². The highest BCUT2D eigenvalue weighted by molar-refractivity contribution is 6.06. The van der Waals surface area contributed by atoms with Gasteiger partial charge in [0.15, 0.2) is 0 Å². The van der Waals surface area contributed by atoms with E-state index in [0.29, 0.717) is 24.2 Å². The van der Waals surface area contributed by atoms with E-state index in [0.717, 1.165) is 16.8 Å². The maximum absolute atomic E-state index is 12.5. The second-order valence-electron chi connectivity index (χ2n) is 5.66. The number of hydrogen-bond acceptors (Lipinski definition) is 3. The van der Waals surface area contributed by atoms with Crippen molar-refractivity contribution in [2.45, 2.75) is 27.7 Å². The molecule has 2 aromatic rings. The minimum atomic E-state index is -0.269. The predicted molar refractivity (Wildman–Crippen MR) is 95.4 cm³/mol. The lowest BCUT2D eigenvalue weighted by molar-refractivity contribution is 0.0772. The zero-order valence-corrected chi connectivity index (χ0v) is 14.6. The summed E-state index contributed by atoms with van der Waals surface area (Å²) in [6.07, 6.45) is 2.97. The van der Waals surface area contributed by atoms with Crippen LogP contribution < -0.4 is 5.32 Å². The number of carbonyl (C=O) groups excluding carboxylic acids is 2. The van der Waals surface area contributed by atoms with Crippen molar-refractivity contribution in [2.75, 3.05) is 18.4 Å². The quantitative estimate of drug-likeness (QED) is 0.916. The van der Waals surface area contributed by atoms with Gasteiger partial charge in [0.2, 0.25) is 0 Å². The molecule has 0 aliphatic heterocycles. The average Bonchev–Trinajstić information content (AvgIpc) is 2.59. The molecule has 0 saturated carbocycles. The summed E-state index contributed by atoms with van der Waals surface area (Å²) in [7, 11) is 0. The molecule has 1 aromatic carbocycles. The standard InChI is InChI=1S/C19H23N3O2/c1-5-22(6-2)19(24)16-10-15(11-20-12-16)18(23)21-17-13(3)8-7-9-14(17)4/h7-12H,5-6H2,1-4H3,(H,21,23). The van der Waals surface area contributed by atoms with Crippen LogP contribution in [0.3, 0.4) is 0 Å². The molecule has 0 radical (unpaired) electrons. The van der Waals surface area contributed by atoms with Crippen LogP contribution in [-0.2, 0) is 0 Å². The smallest absolute Gasteiger partial charge is 0.257 e. The van der Waals surface area contributed by atoms with Gasteiger partial charge in [-0.05, 0) is 44.9 Å². The number of aromatic nitrogens is 1. The third-order valence-corrected chi connectivity index (χ3v) is 4.02. The van der Waals surface area contributed by atoms with Gasteiger partial charge in [-0.25, -0.2) is 0 Å². The number of aryl methyl sites for hydroxylation is 2. The molecule has 1 N–H and O–H groups in total. The van der Waals surface area contributed by atoms with Gasteiger partial charge in [0, 0.05) is 31.2 Å². The number of amides is 2. The van der Waals surface area contributed by atoms with Gasteiger partial charge in [-0.2, -0.15) is 0 Å². The molecule has 2 amide bonds. The molecule has 0 fully saturated rings. The minimum absolute atomic E-state index is 0.116. The lowest BCUT2D eigenvalue weighted by Crippen LogP contribution is -2.30. The minimum Gasteiger partial charge on any atom is -0.339 e. The van der Waals surface area contributed by atoms with Crippen LogP contribution in [0.25, 0.3) is 0 Å². The Morgan fingerprint density at radius 1 is 1.04 bits per heavy atom. The first-order valence-electron chi connectivity index (χ1n) is 8.09. The summed E-state index contributed by atoms with van der Waals surface area (Å²) in [5.41, 5.74) is 3.57. The van der Waals surface area contributed by atoms with Gasteiger partial charge in [-0.15, -0.1) is 0 Å². The molecule has 0 saturated heterocycles. The van der Waals surface area contributed by atoms with E-state index in [1.807, 2.05) is 45.9 Å². The summed E-state index contributed by atoms with van der Waals surface area (Å²) in [5.74, 6) is -0.386. The van der Waals surface area contributed by atoms with Crippen LogP contribution in [0.4, 0.5) is 5.69 Å². The fourth-order valence-electron chi connectivity index (χ4n) is 2.57. The first-order chi connectivity index (χ1) is 11.5. The van der Waals surface area contributed by atoms with Crippen molar-refractivity contribution in [3.8, 4) is 0 Å². The molecule has 0 aliphatic carbocycles. The van der Waals surface area contributed by atoms with Crippen molar-refractivity contribution in [3.05, 3.63) is 58.9 Å². The molecule has 126 valence electrons. The third-order valence-electron chi connectivity index (χ3n) is 4.02. The van der Waals surface area contributed by atoms with Crippen molar-refractivity contribution >= 4 is 17.5 Å². The summed E-state index contributed by atoms with van der Waals surface area (Å²) in [5, 5.41) is 2.91. The third kappa shape index (κ3) is 3.79. The number of nitrogens with one attached hydrogen (secondary N) is 1. The second kappa shape index (κ2) is 7.73. The van der Waals surface area contributed by atoms with Crippen LogP contribution in [0, 0.1) is 13.8 Å². The summed E-state index contributed by atoms with van der Waals surface area (Å²) in [4.78, 5) is 30.7. The van der Waals surface area contributed by atoms with Gasteiger partial charge < -0.3 is 10.2 Å². The Bertz CT molecular complexity index is 732. The molecule has 0 bridgehead atoms. The Kier molecular flexibility index (Phi) is 5.68. The summed E-state index contributed by atoms with van der Waals surface area (Å²) >= 11 is 0. The van der Waals surface area contributed by atoms with Crippen molar-refractivity contribution in [1.82, 2.24) is 9.88 Å². The summed E-state index contributed by atoms with van der Waals surface area (Å²) in [6, 6.07) is 7.43. The Morgan fingerprint density at radius 3 is 2.21 bits per heavy atom. The van der Waals surface area contributed by atoms with Gasteiger partial charge in [-0.3, -0.25) is 14.6 Å². The largest absolute Gasteiger partial charge is 0.339 e.